The molecule has 2 aromatic carbocycles. The van der Waals surface area contributed by atoms with Gasteiger partial charge in [0.05, 0.1) is 7.11 Å². The second-order valence-electron chi connectivity index (χ2n) is 6.65. The zero-order chi connectivity index (χ0) is 19.2. The molecule has 1 heterocycles. The molecule has 1 unspecified atom stereocenters. The fourth-order valence-electron chi connectivity index (χ4n) is 3.36. The molecule has 0 aliphatic carbocycles. The largest absolute Gasteiger partial charge is 0.496 e. The number of anilines is 1. The summed E-state index contributed by atoms with van der Waals surface area (Å²) in [5.41, 5.74) is 4.31. The van der Waals surface area contributed by atoms with E-state index in [1.54, 1.807) is 14.2 Å². The van der Waals surface area contributed by atoms with Crippen molar-refractivity contribution in [2.45, 2.75) is 25.8 Å². The monoisotopic (exact) mass is 366 g/mol. The minimum Gasteiger partial charge on any atom is -0.496 e. The third-order valence-corrected chi connectivity index (χ3v) is 4.77. The Bertz CT molecular complexity index is 848. The number of fused-ring (bicyclic) bond motifs is 1. The van der Waals surface area contributed by atoms with Gasteiger partial charge in [-0.1, -0.05) is 30.3 Å². The molecule has 0 saturated heterocycles. The lowest BCUT2D eigenvalue weighted by Crippen LogP contribution is -2.40. The number of hydrogen-bond acceptors (Lipinski definition) is 3. The average Bonchev–Trinajstić information content (AvgIpc) is 2.68. The highest BCUT2D eigenvalue weighted by Crippen LogP contribution is 2.31. The number of methoxy groups -OCH3 is 1. The first-order valence-electron chi connectivity index (χ1n) is 9.07. The van der Waals surface area contributed by atoms with Gasteiger partial charge in [0.25, 0.3) is 0 Å². The van der Waals surface area contributed by atoms with Crippen LogP contribution in [-0.2, 0) is 11.3 Å². The molecule has 1 atom stereocenters. The summed E-state index contributed by atoms with van der Waals surface area (Å²) in [6.07, 6.45) is 0.471. The maximum atomic E-state index is 12.0. The lowest BCUT2D eigenvalue weighted by atomic mass is 9.90. The number of carbonyl (C=O) groups excluding carboxylic acids is 1. The molecule has 1 aliphatic rings. The molecule has 0 spiro atoms. The molecular weight excluding hydrogens is 340 g/mol. The zero-order valence-electron chi connectivity index (χ0n) is 16.0. The quantitative estimate of drug-likeness (QED) is 0.562. The van der Waals surface area contributed by atoms with Crippen molar-refractivity contribution in [3.63, 3.8) is 0 Å². The van der Waals surface area contributed by atoms with E-state index in [0.29, 0.717) is 25.5 Å². The summed E-state index contributed by atoms with van der Waals surface area (Å²) < 4.78 is 5.30. The van der Waals surface area contributed by atoms with E-state index in [0.717, 1.165) is 28.1 Å². The van der Waals surface area contributed by atoms with Gasteiger partial charge in [-0.25, -0.2) is 0 Å². The van der Waals surface area contributed by atoms with Crippen LogP contribution >= 0.6 is 0 Å². The van der Waals surface area contributed by atoms with Crippen LogP contribution in [0.1, 0.15) is 29.0 Å². The molecule has 3 N–H and O–H groups in total. The van der Waals surface area contributed by atoms with Crippen LogP contribution in [0, 0.1) is 6.92 Å². The molecule has 6 nitrogen and oxygen atoms in total. The number of benzene rings is 2. The van der Waals surface area contributed by atoms with Gasteiger partial charge in [0.15, 0.2) is 5.96 Å². The molecule has 3 rings (SSSR count). The topological polar surface area (TPSA) is 74.8 Å². The van der Waals surface area contributed by atoms with E-state index in [1.165, 1.54) is 0 Å². The lowest BCUT2D eigenvalue weighted by Gasteiger charge is -2.26. The molecule has 1 aliphatic heterocycles. The van der Waals surface area contributed by atoms with Gasteiger partial charge in [-0.05, 0) is 35.7 Å². The molecule has 2 aromatic rings. The van der Waals surface area contributed by atoms with Crippen LogP contribution in [0.5, 0.6) is 5.75 Å². The van der Waals surface area contributed by atoms with Gasteiger partial charge in [-0.2, -0.15) is 0 Å². The average molecular weight is 366 g/mol. The fourth-order valence-corrected chi connectivity index (χ4v) is 3.36. The molecule has 0 aromatic heterocycles. The summed E-state index contributed by atoms with van der Waals surface area (Å²) in [6.45, 7) is 3.33. The summed E-state index contributed by atoms with van der Waals surface area (Å²) in [6, 6.07) is 14.1. The Morgan fingerprint density at radius 1 is 1.26 bits per heavy atom. The van der Waals surface area contributed by atoms with E-state index < -0.39 is 0 Å². The Balaban J connectivity index is 1.58. The van der Waals surface area contributed by atoms with Crippen LogP contribution < -0.4 is 20.7 Å². The second kappa shape index (κ2) is 8.58. The van der Waals surface area contributed by atoms with Gasteiger partial charge in [0.1, 0.15) is 5.75 Å². The first-order chi connectivity index (χ1) is 13.1. The smallest absolute Gasteiger partial charge is 0.225 e. The number of aliphatic imine (C=N–C) groups is 1. The van der Waals surface area contributed by atoms with Crippen molar-refractivity contribution in [1.29, 1.82) is 0 Å². The van der Waals surface area contributed by atoms with Crippen LogP contribution in [-0.4, -0.2) is 32.6 Å². The molecule has 1 amide bonds. The molecule has 27 heavy (non-hydrogen) atoms. The van der Waals surface area contributed by atoms with Crippen LogP contribution in [0.2, 0.25) is 0 Å². The number of hydrogen-bond donors (Lipinski definition) is 3. The number of para-hydroxylation sites is 1. The van der Waals surface area contributed by atoms with E-state index in [9.17, 15) is 4.79 Å². The van der Waals surface area contributed by atoms with Crippen molar-refractivity contribution in [1.82, 2.24) is 10.6 Å². The van der Waals surface area contributed by atoms with Gasteiger partial charge in [0.2, 0.25) is 5.91 Å². The fraction of sp³-hybridized carbons (Fsp3) is 0.333. The summed E-state index contributed by atoms with van der Waals surface area (Å²) in [4.78, 5) is 16.2. The summed E-state index contributed by atoms with van der Waals surface area (Å²) in [5.74, 6) is 1.77. The Kier molecular flexibility index (Phi) is 5.96. The molecule has 6 heteroatoms. The van der Waals surface area contributed by atoms with E-state index in [2.05, 4.69) is 33.1 Å². The van der Waals surface area contributed by atoms with Crippen molar-refractivity contribution in [3.05, 3.63) is 59.2 Å². The number of ether oxygens (including phenoxy) is 1. The third kappa shape index (κ3) is 4.58. The standard InChI is InChI=1S/C21H26N4O2/c1-14-10-15(8-9-19(14)27-3)12-23-21(22-2)24-13-16-11-20(26)25-18-7-5-4-6-17(16)18/h4-10,16H,11-13H2,1-3H3,(H,25,26)(H2,22,23,24). The molecular formula is C21H26N4O2. The van der Waals surface area contributed by atoms with Crippen LogP contribution in [0.25, 0.3) is 0 Å². The van der Waals surface area contributed by atoms with E-state index >= 15 is 0 Å². The summed E-state index contributed by atoms with van der Waals surface area (Å²) in [7, 11) is 3.42. The first-order valence-corrected chi connectivity index (χ1v) is 9.07. The molecule has 142 valence electrons. The van der Waals surface area contributed by atoms with Gasteiger partial charge >= 0.3 is 0 Å². The summed E-state index contributed by atoms with van der Waals surface area (Å²) in [5, 5.41) is 9.59. The number of carbonyl (C=O) groups is 1. The van der Waals surface area contributed by atoms with Crippen molar-refractivity contribution in [2.24, 2.45) is 4.99 Å². The van der Waals surface area contributed by atoms with Crippen molar-refractivity contribution in [2.75, 3.05) is 26.0 Å². The van der Waals surface area contributed by atoms with Crippen molar-refractivity contribution in [3.8, 4) is 5.75 Å². The maximum Gasteiger partial charge on any atom is 0.225 e. The van der Waals surface area contributed by atoms with Crippen LogP contribution in [0.3, 0.4) is 0 Å². The number of rotatable bonds is 5. The molecule has 0 saturated carbocycles. The number of aryl methyl sites for hydroxylation is 1. The highest BCUT2D eigenvalue weighted by atomic mass is 16.5. The SMILES string of the molecule is CN=C(NCc1ccc(OC)c(C)c1)NCC1CC(=O)Nc2ccccc21. The van der Waals surface area contributed by atoms with Crippen LogP contribution in [0.15, 0.2) is 47.5 Å². The normalized spacial score (nSPS) is 16.3. The predicted molar refractivity (Wildman–Crippen MR) is 108 cm³/mol. The molecule has 0 radical (unpaired) electrons. The number of amides is 1. The Morgan fingerprint density at radius 3 is 2.81 bits per heavy atom. The van der Waals surface area contributed by atoms with Gasteiger partial charge < -0.3 is 20.7 Å². The van der Waals surface area contributed by atoms with E-state index in [4.69, 9.17) is 4.74 Å². The number of guanidine groups is 1. The van der Waals surface area contributed by atoms with Crippen molar-refractivity contribution >= 4 is 17.6 Å². The number of nitrogens with one attached hydrogen (secondary N) is 3. The van der Waals surface area contributed by atoms with Gasteiger partial charge in [-0.15, -0.1) is 0 Å². The number of nitrogens with zero attached hydrogens (tertiary/aromatic N) is 1. The van der Waals surface area contributed by atoms with E-state index in [1.807, 2.05) is 37.3 Å². The maximum absolute atomic E-state index is 12.0. The third-order valence-electron chi connectivity index (χ3n) is 4.77. The molecule has 0 bridgehead atoms. The van der Waals surface area contributed by atoms with Gasteiger partial charge in [-0.3, -0.25) is 9.79 Å². The Hall–Kier alpha value is -3.02. The second-order valence-corrected chi connectivity index (χ2v) is 6.65. The minimum absolute atomic E-state index is 0.0529. The highest BCUT2D eigenvalue weighted by Gasteiger charge is 2.24. The Labute approximate surface area is 160 Å². The van der Waals surface area contributed by atoms with E-state index in [-0.39, 0.29) is 11.8 Å². The lowest BCUT2D eigenvalue weighted by molar-refractivity contribution is -0.116. The first kappa shape index (κ1) is 18.8. The van der Waals surface area contributed by atoms with Crippen LogP contribution in [0.4, 0.5) is 5.69 Å². The van der Waals surface area contributed by atoms with Crippen molar-refractivity contribution < 1.29 is 9.53 Å². The Morgan fingerprint density at radius 2 is 2.07 bits per heavy atom. The highest BCUT2D eigenvalue weighted by molar-refractivity contribution is 5.94. The summed E-state index contributed by atoms with van der Waals surface area (Å²) >= 11 is 0. The molecule has 0 fully saturated rings. The van der Waals surface area contributed by atoms with Gasteiger partial charge in [0, 0.05) is 38.2 Å². The predicted octanol–water partition coefficient (Wildman–Crippen LogP) is 2.79. The zero-order valence-corrected chi connectivity index (χ0v) is 16.0. The minimum atomic E-state index is 0.0529.